The number of hydrogen-bond donors (Lipinski definition) is 2. The Bertz CT molecular complexity index is 575. The van der Waals surface area contributed by atoms with Gasteiger partial charge < -0.3 is 19.7 Å². The molecule has 2 heterocycles. The fraction of sp³-hybridized carbons (Fsp3) is 0.462. The molecule has 1 unspecified atom stereocenters. The highest BCUT2D eigenvalue weighted by Gasteiger charge is 2.39. The molecule has 0 radical (unpaired) electrons. The number of amides is 2. The van der Waals surface area contributed by atoms with E-state index in [0.29, 0.717) is 12.6 Å². The Morgan fingerprint density at radius 3 is 2.75 bits per heavy atom. The average molecular weight is 278 g/mol. The van der Waals surface area contributed by atoms with E-state index in [2.05, 4.69) is 5.32 Å². The van der Waals surface area contributed by atoms with Gasteiger partial charge in [-0.2, -0.15) is 0 Å². The highest BCUT2D eigenvalue weighted by molar-refractivity contribution is 5.96. The number of carboxylic acid groups (broad SMARTS) is 1. The molecule has 1 saturated heterocycles. The number of aromatic carboxylic acids is 1. The molecule has 0 aromatic carbocycles. The number of hydrogen-bond acceptors (Lipinski definition) is 4. The Kier molecular flexibility index (Phi) is 2.96. The summed E-state index contributed by atoms with van der Waals surface area (Å²) < 4.78 is 4.92. The van der Waals surface area contributed by atoms with Crippen LogP contribution in [0.2, 0.25) is 0 Å². The Balaban J connectivity index is 1.61. The molecule has 7 heteroatoms. The lowest BCUT2D eigenvalue weighted by atomic mass is 10.2. The van der Waals surface area contributed by atoms with Crippen LogP contribution < -0.4 is 5.32 Å². The molecule has 1 atom stereocenters. The van der Waals surface area contributed by atoms with E-state index in [1.807, 2.05) is 0 Å². The molecule has 1 saturated carbocycles. The number of carbonyl (C=O) groups excluding carboxylic acids is 2. The number of nitrogens with zero attached hydrogens (tertiary/aromatic N) is 1. The third-order valence-electron chi connectivity index (χ3n) is 3.55. The van der Waals surface area contributed by atoms with Gasteiger partial charge in [-0.05, 0) is 12.8 Å². The maximum atomic E-state index is 11.9. The van der Waals surface area contributed by atoms with Gasteiger partial charge in [0.1, 0.15) is 6.26 Å². The lowest BCUT2D eigenvalue weighted by molar-refractivity contribution is -0.128. The molecule has 7 nitrogen and oxygen atoms in total. The van der Waals surface area contributed by atoms with Crippen LogP contribution in [0.3, 0.4) is 0 Å². The van der Waals surface area contributed by atoms with E-state index in [1.165, 1.54) is 6.07 Å². The minimum absolute atomic E-state index is 0.0558. The number of furan rings is 1. The van der Waals surface area contributed by atoms with E-state index in [0.717, 1.165) is 19.1 Å². The van der Waals surface area contributed by atoms with Crippen molar-refractivity contribution in [3.63, 3.8) is 0 Å². The highest BCUT2D eigenvalue weighted by Crippen LogP contribution is 2.30. The van der Waals surface area contributed by atoms with Crippen LogP contribution in [0.25, 0.3) is 0 Å². The van der Waals surface area contributed by atoms with Crippen molar-refractivity contribution in [3.05, 3.63) is 23.7 Å². The van der Waals surface area contributed by atoms with Crippen LogP contribution in [0, 0.1) is 0 Å². The Labute approximate surface area is 114 Å². The molecular formula is C13H14N2O5. The van der Waals surface area contributed by atoms with Crippen LogP contribution in [0.5, 0.6) is 0 Å². The average Bonchev–Trinajstić information content (AvgIpc) is 2.98. The first-order valence-corrected chi connectivity index (χ1v) is 6.47. The predicted molar refractivity (Wildman–Crippen MR) is 66.3 cm³/mol. The summed E-state index contributed by atoms with van der Waals surface area (Å²) in [6.07, 6.45) is 3.38. The van der Waals surface area contributed by atoms with Crippen LogP contribution in [0.15, 0.2) is 16.7 Å². The topological polar surface area (TPSA) is 99.8 Å². The van der Waals surface area contributed by atoms with Crippen molar-refractivity contribution >= 4 is 17.8 Å². The molecule has 0 bridgehead atoms. The van der Waals surface area contributed by atoms with Gasteiger partial charge in [-0.3, -0.25) is 9.59 Å². The van der Waals surface area contributed by atoms with Crippen LogP contribution in [0.1, 0.15) is 40.2 Å². The van der Waals surface area contributed by atoms with Gasteiger partial charge in [0, 0.05) is 25.1 Å². The Morgan fingerprint density at radius 1 is 1.40 bits per heavy atom. The van der Waals surface area contributed by atoms with Crippen LogP contribution in [0.4, 0.5) is 0 Å². The summed E-state index contributed by atoms with van der Waals surface area (Å²) in [4.78, 5) is 36.2. The zero-order chi connectivity index (χ0) is 14.3. The molecule has 0 spiro atoms. The van der Waals surface area contributed by atoms with Crippen LogP contribution >= 0.6 is 0 Å². The third kappa shape index (κ3) is 2.38. The fourth-order valence-corrected chi connectivity index (χ4v) is 2.39. The van der Waals surface area contributed by atoms with Crippen LogP contribution in [-0.4, -0.2) is 46.4 Å². The second-order valence-electron chi connectivity index (χ2n) is 5.16. The minimum atomic E-state index is -1.15. The van der Waals surface area contributed by atoms with Gasteiger partial charge in [0.2, 0.25) is 5.91 Å². The second-order valence-corrected chi connectivity index (χ2v) is 5.16. The van der Waals surface area contributed by atoms with Crippen molar-refractivity contribution in [1.82, 2.24) is 10.2 Å². The third-order valence-corrected chi connectivity index (χ3v) is 3.55. The molecule has 106 valence electrons. The van der Waals surface area contributed by atoms with E-state index in [4.69, 9.17) is 9.52 Å². The zero-order valence-corrected chi connectivity index (χ0v) is 10.7. The van der Waals surface area contributed by atoms with E-state index in [1.54, 1.807) is 4.90 Å². The monoisotopic (exact) mass is 278 g/mol. The largest absolute Gasteiger partial charge is 0.478 e. The van der Waals surface area contributed by atoms with Crippen molar-refractivity contribution in [2.45, 2.75) is 31.3 Å². The second kappa shape index (κ2) is 4.66. The van der Waals surface area contributed by atoms with Gasteiger partial charge in [0.25, 0.3) is 5.91 Å². The van der Waals surface area contributed by atoms with Crippen molar-refractivity contribution in [2.75, 3.05) is 6.54 Å². The Morgan fingerprint density at radius 2 is 2.15 bits per heavy atom. The molecule has 2 N–H and O–H groups in total. The number of rotatable bonds is 4. The molecule has 2 amide bonds. The minimum Gasteiger partial charge on any atom is -0.478 e. The maximum Gasteiger partial charge on any atom is 0.338 e. The van der Waals surface area contributed by atoms with Gasteiger partial charge >= 0.3 is 5.97 Å². The van der Waals surface area contributed by atoms with Crippen molar-refractivity contribution in [3.8, 4) is 0 Å². The number of carbonyl (C=O) groups is 3. The lowest BCUT2D eigenvalue weighted by Crippen LogP contribution is -2.37. The lowest BCUT2D eigenvalue weighted by Gasteiger charge is -2.15. The van der Waals surface area contributed by atoms with E-state index in [9.17, 15) is 14.4 Å². The van der Waals surface area contributed by atoms with E-state index < -0.39 is 11.9 Å². The first-order valence-electron chi connectivity index (χ1n) is 6.47. The number of nitrogens with one attached hydrogen (secondary N) is 1. The Hall–Kier alpha value is -2.31. The van der Waals surface area contributed by atoms with Gasteiger partial charge in [-0.15, -0.1) is 0 Å². The summed E-state index contributed by atoms with van der Waals surface area (Å²) in [7, 11) is 0. The summed E-state index contributed by atoms with van der Waals surface area (Å²) in [5.74, 6) is -1.64. The molecule has 2 aliphatic rings. The molecule has 3 rings (SSSR count). The van der Waals surface area contributed by atoms with Crippen molar-refractivity contribution in [1.29, 1.82) is 0 Å². The van der Waals surface area contributed by atoms with Crippen molar-refractivity contribution in [2.24, 2.45) is 0 Å². The summed E-state index contributed by atoms with van der Waals surface area (Å²) in [5, 5.41) is 11.5. The highest BCUT2D eigenvalue weighted by atomic mass is 16.4. The molecule has 1 aromatic rings. The summed E-state index contributed by atoms with van der Waals surface area (Å²) in [6, 6.07) is 1.27. The first kappa shape index (κ1) is 12.7. The quantitative estimate of drug-likeness (QED) is 0.834. The van der Waals surface area contributed by atoms with Crippen molar-refractivity contribution < 1.29 is 23.9 Å². The standard InChI is InChI=1S/C13H14N2O5/c16-11-4-8(5-15(11)9-1-2-9)14-12(17)10-3-7(6-20-10)13(18)19/h3,6,8-9H,1-2,4-5H2,(H,14,17)(H,18,19). The summed E-state index contributed by atoms with van der Waals surface area (Å²) in [6.45, 7) is 0.516. The maximum absolute atomic E-state index is 11.9. The number of carboxylic acids is 1. The van der Waals surface area contributed by atoms with Gasteiger partial charge in [-0.25, -0.2) is 4.79 Å². The smallest absolute Gasteiger partial charge is 0.338 e. The molecule has 2 fully saturated rings. The molecule has 1 aliphatic heterocycles. The molecule has 20 heavy (non-hydrogen) atoms. The summed E-state index contributed by atoms with van der Waals surface area (Å²) >= 11 is 0. The van der Waals surface area contributed by atoms with Gasteiger partial charge in [-0.1, -0.05) is 0 Å². The first-order chi connectivity index (χ1) is 9.54. The number of likely N-dealkylation sites (tertiary alicyclic amines) is 1. The molecule has 1 aromatic heterocycles. The van der Waals surface area contributed by atoms with Gasteiger partial charge in [0.15, 0.2) is 5.76 Å². The summed E-state index contributed by atoms with van der Waals surface area (Å²) in [5.41, 5.74) is -0.0720. The molecular weight excluding hydrogens is 264 g/mol. The van der Waals surface area contributed by atoms with Crippen LogP contribution in [-0.2, 0) is 4.79 Å². The normalized spacial score (nSPS) is 22.1. The van der Waals surface area contributed by atoms with Gasteiger partial charge in [0.05, 0.1) is 11.6 Å². The SMILES string of the molecule is O=C(O)c1coc(C(=O)NC2CC(=O)N(C3CC3)C2)c1. The fourth-order valence-electron chi connectivity index (χ4n) is 2.39. The van der Waals surface area contributed by atoms with E-state index >= 15 is 0 Å². The van der Waals surface area contributed by atoms with E-state index in [-0.39, 0.29) is 29.7 Å². The molecule has 1 aliphatic carbocycles. The predicted octanol–water partition coefficient (Wildman–Crippen LogP) is 0.471. The zero-order valence-electron chi connectivity index (χ0n) is 10.7.